The molecule has 0 amide bonds. The molecule has 5 nitrogen and oxygen atoms in total. The predicted octanol–water partition coefficient (Wildman–Crippen LogP) is 4.68. The van der Waals surface area contributed by atoms with Gasteiger partial charge < -0.3 is 4.74 Å². The van der Waals surface area contributed by atoms with E-state index in [1.807, 2.05) is 30.7 Å². The Labute approximate surface area is 189 Å². The molecule has 0 saturated carbocycles. The molecule has 4 rings (SSSR count). The van der Waals surface area contributed by atoms with E-state index < -0.39 is 0 Å². The zero-order valence-electron chi connectivity index (χ0n) is 18.0. The van der Waals surface area contributed by atoms with E-state index in [9.17, 15) is 0 Å². The van der Waals surface area contributed by atoms with Crippen LogP contribution in [0.4, 0.5) is 0 Å². The average molecular weight is 437 g/mol. The molecule has 1 saturated heterocycles. The van der Waals surface area contributed by atoms with E-state index in [1.165, 1.54) is 29.7 Å². The Morgan fingerprint density at radius 1 is 0.968 bits per heavy atom. The van der Waals surface area contributed by atoms with Gasteiger partial charge in [-0.2, -0.15) is 0 Å². The number of benzene rings is 1. The van der Waals surface area contributed by atoms with Gasteiger partial charge in [-0.25, -0.2) is 9.97 Å². The minimum Gasteiger partial charge on any atom is -0.384 e. The van der Waals surface area contributed by atoms with Gasteiger partial charge >= 0.3 is 0 Å². The van der Waals surface area contributed by atoms with Crippen molar-refractivity contribution < 1.29 is 4.74 Å². The maximum absolute atomic E-state index is 5.98. The molecule has 3 heterocycles. The molecule has 6 heteroatoms. The second-order valence-electron chi connectivity index (χ2n) is 8.22. The summed E-state index contributed by atoms with van der Waals surface area (Å²) in [6, 6.07) is 12.4. The molecule has 1 unspecified atom stereocenters. The lowest BCUT2D eigenvalue weighted by atomic mass is 9.93. The summed E-state index contributed by atoms with van der Waals surface area (Å²) < 4.78 is 5.09. The molecule has 0 N–H and O–H groups in total. The number of hydrogen-bond acceptors (Lipinski definition) is 5. The first-order valence-corrected chi connectivity index (χ1v) is 11.3. The number of ether oxygens (including phenoxy) is 1. The van der Waals surface area contributed by atoms with Crippen molar-refractivity contribution in [3.05, 3.63) is 88.2 Å². The van der Waals surface area contributed by atoms with E-state index >= 15 is 0 Å². The molecule has 0 bridgehead atoms. The van der Waals surface area contributed by atoms with Crippen molar-refractivity contribution in [2.24, 2.45) is 0 Å². The number of nitrogens with zero attached hydrogens (tertiary/aromatic N) is 4. The number of likely N-dealkylation sites (tertiary alicyclic amines) is 1. The van der Waals surface area contributed by atoms with E-state index in [0.717, 1.165) is 48.9 Å². The Morgan fingerprint density at radius 2 is 1.71 bits per heavy atom. The van der Waals surface area contributed by atoms with Gasteiger partial charge in [0.15, 0.2) is 0 Å². The Balaban J connectivity index is 1.33. The van der Waals surface area contributed by atoms with E-state index in [1.54, 1.807) is 7.11 Å². The Bertz CT molecular complexity index is 945. The first-order chi connectivity index (χ1) is 15.2. The fourth-order valence-corrected chi connectivity index (χ4v) is 4.23. The van der Waals surface area contributed by atoms with Crippen molar-refractivity contribution in [1.29, 1.82) is 0 Å². The summed E-state index contributed by atoms with van der Waals surface area (Å²) in [5, 5.41) is 0.771. The van der Waals surface area contributed by atoms with Crippen molar-refractivity contribution in [3.8, 4) is 0 Å². The van der Waals surface area contributed by atoms with Gasteiger partial charge in [-0.15, -0.1) is 0 Å². The Hall–Kier alpha value is -2.34. The van der Waals surface area contributed by atoms with Crippen molar-refractivity contribution in [2.75, 3.05) is 26.8 Å². The number of rotatable bonds is 8. The zero-order valence-corrected chi connectivity index (χ0v) is 18.8. The van der Waals surface area contributed by atoms with Gasteiger partial charge in [-0.05, 0) is 55.1 Å². The summed E-state index contributed by atoms with van der Waals surface area (Å²) in [4.78, 5) is 16.2. The molecule has 0 aliphatic carbocycles. The molecule has 1 aromatic carbocycles. The minimum absolute atomic E-state index is 0.472. The maximum atomic E-state index is 5.98. The lowest BCUT2D eigenvalue weighted by Gasteiger charge is -2.32. The van der Waals surface area contributed by atoms with Gasteiger partial charge in [0.25, 0.3) is 0 Å². The first kappa shape index (κ1) is 21.9. The summed E-state index contributed by atoms with van der Waals surface area (Å²) in [5.74, 6) is 1.31. The summed E-state index contributed by atoms with van der Waals surface area (Å²) in [6.45, 7) is 3.67. The van der Waals surface area contributed by atoms with E-state index in [0.29, 0.717) is 12.5 Å². The van der Waals surface area contributed by atoms with Crippen LogP contribution in [0.1, 0.15) is 47.0 Å². The van der Waals surface area contributed by atoms with Crippen molar-refractivity contribution in [1.82, 2.24) is 19.9 Å². The van der Waals surface area contributed by atoms with Crippen LogP contribution in [0.2, 0.25) is 5.02 Å². The van der Waals surface area contributed by atoms with Crippen molar-refractivity contribution in [2.45, 2.75) is 38.1 Å². The normalized spacial score (nSPS) is 17.0. The maximum Gasteiger partial charge on any atom is 0.130 e. The third-order valence-electron chi connectivity index (χ3n) is 5.79. The molecule has 2 aromatic heterocycles. The van der Waals surface area contributed by atoms with Crippen LogP contribution in [-0.4, -0.2) is 46.7 Å². The van der Waals surface area contributed by atoms with E-state index in [4.69, 9.17) is 21.3 Å². The quantitative estimate of drug-likeness (QED) is 0.513. The Kier molecular flexibility index (Phi) is 7.62. The van der Waals surface area contributed by atoms with Gasteiger partial charge in [0.05, 0.1) is 6.61 Å². The second kappa shape index (κ2) is 10.8. The minimum atomic E-state index is 0.472. The highest BCUT2D eigenvalue weighted by atomic mass is 35.5. The number of methoxy groups -OCH3 is 1. The Morgan fingerprint density at radius 3 is 2.42 bits per heavy atom. The second-order valence-corrected chi connectivity index (χ2v) is 8.66. The monoisotopic (exact) mass is 436 g/mol. The summed E-state index contributed by atoms with van der Waals surface area (Å²) in [5.41, 5.74) is 4.83. The fourth-order valence-electron chi connectivity index (χ4n) is 4.10. The third-order valence-corrected chi connectivity index (χ3v) is 6.04. The standard InChI is InChI=1S/C25H29ClN4O/c1-31-12-10-25-28-15-21(16-29-25)17-30-11-2-3-22(18-30)24-9-6-20(14-27-24)13-19-4-7-23(26)8-5-19/h4-9,14-16,22H,2-3,10-13,17-18H2,1H3. The average Bonchev–Trinajstić information content (AvgIpc) is 2.81. The summed E-state index contributed by atoms with van der Waals surface area (Å²) >= 11 is 5.98. The SMILES string of the molecule is COCCc1ncc(CN2CCCC(c3ccc(Cc4ccc(Cl)cc4)cn3)C2)cn1. The first-order valence-electron chi connectivity index (χ1n) is 10.9. The number of piperidine rings is 1. The van der Waals surface area contributed by atoms with Crippen LogP contribution in [-0.2, 0) is 24.1 Å². The van der Waals surface area contributed by atoms with Gasteiger partial charge in [0, 0.05) is 67.4 Å². The topological polar surface area (TPSA) is 51.1 Å². The van der Waals surface area contributed by atoms with Crippen molar-refractivity contribution in [3.63, 3.8) is 0 Å². The number of pyridine rings is 1. The molecular formula is C25H29ClN4O. The molecule has 1 atom stereocenters. The van der Waals surface area contributed by atoms with Crippen LogP contribution in [0.5, 0.6) is 0 Å². The van der Waals surface area contributed by atoms with Gasteiger partial charge in [-0.3, -0.25) is 9.88 Å². The molecule has 31 heavy (non-hydrogen) atoms. The van der Waals surface area contributed by atoms with Crippen LogP contribution in [0.3, 0.4) is 0 Å². The fraction of sp³-hybridized carbons (Fsp3) is 0.400. The molecule has 1 aliphatic rings. The predicted molar refractivity (Wildman–Crippen MR) is 123 cm³/mol. The van der Waals surface area contributed by atoms with Gasteiger partial charge in [0.2, 0.25) is 0 Å². The van der Waals surface area contributed by atoms with Gasteiger partial charge in [-0.1, -0.05) is 29.8 Å². The van der Waals surface area contributed by atoms with E-state index in [-0.39, 0.29) is 0 Å². The summed E-state index contributed by atoms with van der Waals surface area (Å²) in [6.07, 6.45) is 9.92. The molecule has 0 radical (unpaired) electrons. The third kappa shape index (κ3) is 6.33. The largest absolute Gasteiger partial charge is 0.384 e. The highest BCUT2D eigenvalue weighted by Gasteiger charge is 2.22. The number of halogens is 1. The molecular weight excluding hydrogens is 408 g/mol. The number of aromatic nitrogens is 3. The molecule has 162 valence electrons. The highest BCUT2D eigenvalue weighted by Crippen LogP contribution is 2.27. The van der Waals surface area contributed by atoms with Crippen LogP contribution in [0.25, 0.3) is 0 Å². The lowest BCUT2D eigenvalue weighted by Crippen LogP contribution is -2.34. The lowest BCUT2D eigenvalue weighted by molar-refractivity contribution is 0.197. The molecule has 1 aliphatic heterocycles. The smallest absolute Gasteiger partial charge is 0.130 e. The van der Waals surface area contributed by atoms with E-state index in [2.05, 4.69) is 39.1 Å². The molecule has 1 fully saturated rings. The summed E-state index contributed by atoms with van der Waals surface area (Å²) in [7, 11) is 1.70. The molecule has 0 spiro atoms. The van der Waals surface area contributed by atoms with Crippen LogP contribution < -0.4 is 0 Å². The van der Waals surface area contributed by atoms with Crippen LogP contribution >= 0.6 is 11.6 Å². The van der Waals surface area contributed by atoms with Crippen molar-refractivity contribution >= 4 is 11.6 Å². The van der Waals surface area contributed by atoms with Gasteiger partial charge in [0.1, 0.15) is 5.82 Å². The van der Waals surface area contributed by atoms with Crippen LogP contribution in [0.15, 0.2) is 55.0 Å². The highest BCUT2D eigenvalue weighted by molar-refractivity contribution is 6.30. The zero-order chi connectivity index (χ0) is 21.5. The number of hydrogen-bond donors (Lipinski definition) is 0. The van der Waals surface area contributed by atoms with Crippen LogP contribution in [0, 0.1) is 0 Å². The molecule has 3 aromatic rings.